The molecule has 0 fully saturated rings. The monoisotopic (exact) mass is 373 g/mol. The molecular formula is C19H20FN3O2S. The Morgan fingerprint density at radius 2 is 1.85 bits per heavy atom. The van der Waals surface area contributed by atoms with Crippen LogP contribution >= 0.6 is 11.8 Å². The summed E-state index contributed by atoms with van der Waals surface area (Å²) < 4.78 is 13.5. The molecule has 0 radical (unpaired) electrons. The van der Waals surface area contributed by atoms with E-state index >= 15 is 0 Å². The summed E-state index contributed by atoms with van der Waals surface area (Å²) in [6, 6.07) is 13.0. The number of halogens is 1. The van der Waals surface area contributed by atoms with Crippen molar-refractivity contribution in [3.05, 3.63) is 65.5 Å². The highest BCUT2D eigenvalue weighted by atomic mass is 32.2. The Morgan fingerprint density at radius 1 is 1.08 bits per heavy atom. The maximum Gasteiger partial charge on any atom is 0.315 e. The van der Waals surface area contributed by atoms with Crippen molar-refractivity contribution in [2.75, 3.05) is 18.8 Å². The van der Waals surface area contributed by atoms with Crippen LogP contribution in [-0.2, 0) is 0 Å². The average molecular weight is 373 g/mol. The fourth-order valence-electron chi connectivity index (χ4n) is 2.77. The van der Waals surface area contributed by atoms with Crippen molar-refractivity contribution in [1.82, 2.24) is 16.0 Å². The maximum atomic E-state index is 13.5. The van der Waals surface area contributed by atoms with Gasteiger partial charge in [-0.1, -0.05) is 18.2 Å². The Labute approximate surface area is 155 Å². The molecule has 3 amide bonds. The van der Waals surface area contributed by atoms with Gasteiger partial charge in [-0.3, -0.25) is 4.79 Å². The van der Waals surface area contributed by atoms with Crippen LogP contribution in [0.25, 0.3) is 0 Å². The first-order chi connectivity index (χ1) is 12.6. The van der Waals surface area contributed by atoms with Crippen LogP contribution in [0.3, 0.4) is 0 Å². The molecule has 1 heterocycles. The van der Waals surface area contributed by atoms with Gasteiger partial charge in [-0.2, -0.15) is 0 Å². The third-order valence-electron chi connectivity index (χ3n) is 4.05. The highest BCUT2D eigenvalue weighted by Gasteiger charge is 2.22. The third-order valence-corrected chi connectivity index (χ3v) is 5.17. The first-order valence-corrected chi connectivity index (χ1v) is 9.42. The van der Waals surface area contributed by atoms with Crippen molar-refractivity contribution < 1.29 is 14.0 Å². The Hall–Kier alpha value is -2.54. The molecule has 136 valence electrons. The number of thioether (sulfide) groups is 1. The number of hydrogen-bond acceptors (Lipinski definition) is 3. The SMILES string of the molecule is O=C(NCCNC(=O)c1ccccc1)NC1CCSc2ccc(F)cc21. The molecule has 5 nitrogen and oxygen atoms in total. The molecule has 2 aromatic rings. The van der Waals surface area contributed by atoms with Crippen LogP contribution in [0.5, 0.6) is 0 Å². The molecule has 0 aliphatic carbocycles. The van der Waals surface area contributed by atoms with Gasteiger partial charge in [0.25, 0.3) is 5.91 Å². The summed E-state index contributed by atoms with van der Waals surface area (Å²) in [5.74, 6) is 0.389. The molecule has 1 aliphatic rings. The lowest BCUT2D eigenvalue weighted by molar-refractivity contribution is 0.0954. The molecule has 0 saturated heterocycles. The minimum Gasteiger partial charge on any atom is -0.350 e. The lowest BCUT2D eigenvalue weighted by Gasteiger charge is -2.26. The van der Waals surface area contributed by atoms with E-state index in [0.29, 0.717) is 18.7 Å². The molecule has 1 atom stereocenters. The number of fused-ring (bicyclic) bond motifs is 1. The minimum atomic E-state index is -0.328. The highest BCUT2D eigenvalue weighted by Crippen LogP contribution is 2.36. The second-order valence-corrected chi connectivity index (χ2v) is 7.03. The van der Waals surface area contributed by atoms with Crippen molar-refractivity contribution in [3.63, 3.8) is 0 Å². The highest BCUT2D eigenvalue weighted by molar-refractivity contribution is 7.99. The van der Waals surface area contributed by atoms with Crippen molar-refractivity contribution in [2.24, 2.45) is 0 Å². The smallest absolute Gasteiger partial charge is 0.315 e. The van der Waals surface area contributed by atoms with Gasteiger partial charge in [-0.15, -0.1) is 11.8 Å². The van der Waals surface area contributed by atoms with Crippen molar-refractivity contribution >= 4 is 23.7 Å². The minimum absolute atomic E-state index is 0.179. The van der Waals surface area contributed by atoms with Crippen LogP contribution in [0, 0.1) is 5.82 Å². The summed E-state index contributed by atoms with van der Waals surface area (Å²) in [6.07, 6.45) is 0.749. The second kappa shape index (κ2) is 8.71. The summed E-state index contributed by atoms with van der Waals surface area (Å²) >= 11 is 1.66. The predicted molar refractivity (Wildman–Crippen MR) is 99.8 cm³/mol. The van der Waals surface area contributed by atoms with Crippen molar-refractivity contribution in [2.45, 2.75) is 17.4 Å². The van der Waals surface area contributed by atoms with Gasteiger partial charge in [0.05, 0.1) is 6.04 Å². The Bertz CT molecular complexity index is 786. The van der Waals surface area contributed by atoms with Crippen LogP contribution < -0.4 is 16.0 Å². The fraction of sp³-hybridized carbons (Fsp3) is 0.263. The summed E-state index contributed by atoms with van der Waals surface area (Å²) in [4.78, 5) is 25.0. The van der Waals surface area contributed by atoms with E-state index in [0.717, 1.165) is 22.6 Å². The third kappa shape index (κ3) is 4.76. The zero-order valence-corrected chi connectivity index (χ0v) is 14.9. The Morgan fingerprint density at radius 3 is 2.65 bits per heavy atom. The van der Waals surface area contributed by atoms with Gasteiger partial charge in [0.2, 0.25) is 0 Å². The number of hydrogen-bond donors (Lipinski definition) is 3. The molecule has 2 aromatic carbocycles. The summed E-state index contributed by atoms with van der Waals surface area (Å²) in [6.45, 7) is 0.634. The molecule has 1 aliphatic heterocycles. The maximum absolute atomic E-state index is 13.5. The molecule has 0 saturated carbocycles. The van der Waals surface area contributed by atoms with Crippen LogP contribution in [0.15, 0.2) is 53.4 Å². The first-order valence-electron chi connectivity index (χ1n) is 8.43. The number of benzene rings is 2. The van der Waals surface area contributed by atoms with E-state index < -0.39 is 0 Å². The zero-order chi connectivity index (χ0) is 18.4. The van der Waals surface area contributed by atoms with E-state index in [1.54, 1.807) is 42.1 Å². The molecule has 1 unspecified atom stereocenters. The summed E-state index contributed by atoms with van der Waals surface area (Å²) in [5, 5.41) is 8.34. The quantitative estimate of drug-likeness (QED) is 0.706. The lowest BCUT2D eigenvalue weighted by Crippen LogP contribution is -2.42. The number of carbonyl (C=O) groups is 2. The van der Waals surface area contributed by atoms with Gasteiger partial charge < -0.3 is 16.0 Å². The predicted octanol–water partition coefficient (Wildman–Crippen LogP) is 3.09. The Balaban J connectivity index is 1.44. The number of amides is 3. The van der Waals surface area contributed by atoms with E-state index in [4.69, 9.17) is 0 Å². The molecule has 3 rings (SSSR count). The molecule has 0 aromatic heterocycles. The van der Waals surface area contributed by atoms with Crippen LogP contribution in [0.2, 0.25) is 0 Å². The van der Waals surface area contributed by atoms with E-state index in [2.05, 4.69) is 16.0 Å². The topological polar surface area (TPSA) is 70.2 Å². The zero-order valence-electron chi connectivity index (χ0n) is 14.1. The molecule has 0 bridgehead atoms. The number of urea groups is 1. The van der Waals surface area contributed by atoms with Gasteiger partial charge >= 0.3 is 6.03 Å². The van der Waals surface area contributed by atoms with Crippen molar-refractivity contribution in [1.29, 1.82) is 0 Å². The average Bonchev–Trinajstić information content (AvgIpc) is 2.66. The van der Waals surface area contributed by atoms with Gasteiger partial charge in [0.1, 0.15) is 5.82 Å². The Kier molecular flexibility index (Phi) is 6.12. The number of carbonyl (C=O) groups excluding carboxylic acids is 2. The summed E-state index contributed by atoms with van der Waals surface area (Å²) in [5.41, 5.74) is 1.39. The van der Waals surface area contributed by atoms with Crippen molar-refractivity contribution in [3.8, 4) is 0 Å². The molecular weight excluding hydrogens is 353 g/mol. The van der Waals surface area contributed by atoms with Crippen LogP contribution in [-0.4, -0.2) is 30.8 Å². The van der Waals surface area contributed by atoms with Crippen LogP contribution in [0.1, 0.15) is 28.4 Å². The standard InChI is InChI=1S/C19H20FN3O2S/c20-14-6-7-17-15(12-14)16(8-11-26-17)23-19(25)22-10-9-21-18(24)13-4-2-1-3-5-13/h1-7,12,16H,8-11H2,(H,21,24)(H2,22,23,25). The lowest BCUT2D eigenvalue weighted by atomic mass is 10.0. The number of nitrogens with one attached hydrogen (secondary N) is 3. The molecule has 26 heavy (non-hydrogen) atoms. The number of rotatable bonds is 5. The van der Waals surface area contributed by atoms with E-state index in [-0.39, 0.29) is 23.8 Å². The van der Waals surface area contributed by atoms with Gasteiger partial charge in [0.15, 0.2) is 0 Å². The van der Waals surface area contributed by atoms with Gasteiger partial charge in [0, 0.05) is 29.3 Å². The van der Waals surface area contributed by atoms with E-state index in [1.807, 2.05) is 6.07 Å². The summed E-state index contributed by atoms with van der Waals surface area (Å²) in [7, 11) is 0. The molecule has 7 heteroatoms. The van der Waals surface area contributed by atoms with E-state index in [9.17, 15) is 14.0 Å². The second-order valence-electron chi connectivity index (χ2n) is 5.89. The first kappa shape index (κ1) is 18.3. The van der Waals surface area contributed by atoms with Gasteiger partial charge in [-0.25, -0.2) is 9.18 Å². The fourth-order valence-corrected chi connectivity index (χ4v) is 3.87. The molecule has 0 spiro atoms. The van der Waals surface area contributed by atoms with Crippen LogP contribution in [0.4, 0.5) is 9.18 Å². The van der Waals surface area contributed by atoms with Gasteiger partial charge in [-0.05, 0) is 42.3 Å². The largest absolute Gasteiger partial charge is 0.350 e. The van der Waals surface area contributed by atoms with E-state index in [1.165, 1.54) is 12.1 Å². The molecule has 3 N–H and O–H groups in total. The normalized spacial score (nSPS) is 15.7.